The summed E-state index contributed by atoms with van der Waals surface area (Å²) in [5, 5.41) is 3.26. The molecule has 0 saturated carbocycles. The molecule has 7 heteroatoms. The predicted molar refractivity (Wildman–Crippen MR) is 75.4 cm³/mol. The second-order valence-electron chi connectivity index (χ2n) is 4.72. The molecule has 2 rings (SSSR count). The molecule has 1 aliphatic rings. The van der Waals surface area contributed by atoms with E-state index < -0.39 is 10.0 Å². The number of hydrogen-bond acceptors (Lipinski definition) is 5. The fourth-order valence-corrected chi connectivity index (χ4v) is 2.72. The summed E-state index contributed by atoms with van der Waals surface area (Å²) in [7, 11) is -2.01. The minimum Gasteiger partial charge on any atom is -0.491 e. The molecule has 1 aromatic rings. The van der Waals surface area contributed by atoms with Crippen LogP contribution in [-0.2, 0) is 14.8 Å². The summed E-state index contributed by atoms with van der Waals surface area (Å²) < 4.78 is 36.7. The molecule has 0 aromatic heterocycles. The van der Waals surface area contributed by atoms with Crippen molar-refractivity contribution >= 4 is 10.0 Å². The van der Waals surface area contributed by atoms with E-state index in [0.29, 0.717) is 12.4 Å². The highest BCUT2D eigenvalue weighted by Gasteiger charge is 2.19. The number of rotatable bonds is 5. The Morgan fingerprint density at radius 2 is 2.05 bits per heavy atom. The van der Waals surface area contributed by atoms with Crippen molar-refractivity contribution in [1.29, 1.82) is 0 Å². The van der Waals surface area contributed by atoms with Gasteiger partial charge in [-0.2, -0.15) is 0 Å². The zero-order chi connectivity index (χ0) is 14.6. The zero-order valence-electron chi connectivity index (χ0n) is 11.6. The van der Waals surface area contributed by atoms with Crippen LogP contribution in [0.5, 0.6) is 5.75 Å². The van der Waals surface area contributed by atoms with Crippen LogP contribution in [0.1, 0.15) is 6.92 Å². The zero-order valence-corrected chi connectivity index (χ0v) is 12.4. The Balaban J connectivity index is 1.91. The maximum Gasteiger partial charge on any atom is 0.240 e. The molecule has 1 heterocycles. The molecule has 0 bridgehead atoms. The van der Waals surface area contributed by atoms with Crippen molar-refractivity contribution in [3.8, 4) is 5.75 Å². The molecule has 2 N–H and O–H groups in total. The lowest BCUT2D eigenvalue weighted by Gasteiger charge is -2.28. The summed E-state index contributed by atoms with van der Waals surface area (Å²) in [6.45, 7) is 4.07. The molecule has 112 valence electrons. The molecule has 6 nitrogen and oxygen atoms in total. The highest BCUT2D eigenvalue weighted by Crippen LogP contribution is 2.16. The normalized spacial score (nSPS) is 23.5. The Labute approximate surface area is 119 Å². The van der Waals surface area contributed by atoms with Crippen LogP contribution in [0.15, 0.2) is 29.2 Å². The van der Waals surface area contributed by atoms with Gasteiger partial charge in [0.25, 0.3) is 0 Å². The van der Waals surface area contributed by atoms with Crippen LogP contribution in [0.2, 0.25) is 0 Å². The van der Waals surface area contributed by atoms with E-state index in [1.807, 2.05) is 6.92 Å². The Morgan fingerprint density at radius 1 is 1.35 bits per heavy atom. The van der Waals surface area contributed by atoms with Crippen LogP contribution < -0.4 is 14.8 Å². The van der Waals surface area contributed by atoms with E-state index >= 15 is 0 Å². The first-order valence-corrected chi connectivity index (χ1v) is 8.02. The molecular formula is C13H20N2O4S. The Kier molecular flexibility index (Phi) is 4.98. The summed E-state index contributed by atoms with van der Waals surface area (Å²) in [6.07, 6.45) is 0.194. The van der Waals surface area contributed by atoms with Crippen molar-refractivity contribution in [3.05, 3.63) is 24.3 Å². The second kappa shape index (κ2) is 6.53. The van der Waals surface area contributed by atoms with Crippen LogP contribution in [0, 0.1) is 0 Å². The number of morpholine rings is 1. The van der Waals surface area contributed by atoms with Gasteiger partial charge < -0.3 is 14.8 Å². The average molecular weight is 300 g/mol. The van der Waals surface area contributed by atoms with Gasteiger partial charge in [0.1, 0.15) is 18.5 Å². The van der Waals surface area contributed by atoms with E-state index in [2.05, 4.69) is 10.0 Å². The minimum absolute atomic E-state index is 0.0134. The molecule has 0 amide bonds. The first kappa shape index (κ1) is 15.2. The molecule has 1 fully saturated rings. The van der Waals surface area contributed by atoms with Crippen molar-refractivity contribution in [2.45, 2.75) is 24.0 Å². The molecule has 20 heavy (non-hydrogen) atoms. The maximum atomic E-state index is 11.6. The van der Waals surface area contributed by atoms with Crippen molar-refractivity contribution in [2.75, 3.05) is 26.7 Å². The minimum atomic E-state index is -3.40. The summed E-state index contributed by atoms with van der Waals surface area (Å²) in [6, 6.07) is 6.32. The second-order valence-corrected chi connectivity index (χ2v) is 6.60. The van der Waals surface area contributed by atoms with Crippen LogP contribution >= 0.6 is 0 Å². The van der Waals surface area contributed by atoms with Crippen molar-refractivity contribution in [2.24, 2.45) is 0 Å². The quantitative estimate of drug-likeness (QED) is 0.820. The van der Waals surface area contributed by atoms with Gasteiger partial charge in [-0.1, -0.05) is 0 Å². The third kappa shape index (κ3) is 3.92. The summed E-state index contributed by atoms with van der Waals surface area (Å²) in [4.78, 5) is 0.219. The van der Waals surface area contributed by atoms with Gasteiger partial charge in [0.15, 0.2) is 0 Å². The monoisotopic (exact) mass is 300 g/mol. The highest BCUT2D eigenvalue weighted by atomic mass is 32.2. The number of sulfonamides is 1. The first-order valence-electron chi connectivity index (χ1n) is 6.54. The summed E-state index contributed by atoms with van der Waals surface area (Å²) in [5.74, 6) is 0.627. The predicted octanol–water partition coefficient (Wildman–Crippen LogP) is 0.350. The van der Waals surface area contributed by atoms with Gasteiger partial charge in [0.2, 0.25) is 10.0 Å². The van der Waals surface area contributed by atoms with Crippen molar-refractivity contribution in [1.82, 2.24) is 10.0 Å². The maximum absolute atomic E-state index is 11.6. The van der Waals surface area contributed by atoms with E-state index in [0.717, 1.165) is 13.1 Å². The van der Waals surface area contributed by atoms with Crippen molar-refractivity contribution in [3.63, 3.8) is 0 Å². The molecule has 1 aliphatic heterocycles. The van der Waals surface area contributed by atoms with Gasteiger partial charge in [-0.25, -0.2) is 13.1 Å². The number of nitrogens with one attached hydrogen (secondary N) is 2. The average Bonchev–Trinajstić information content (AvgIpc) is 2.46. The van der Waals surface area contributed by atoms with Gasteiger partial charge in [-0.05, 0) is 38.2 Å². The molecule has 0 aliphatic carbocycles. The van der Waals surface area contributed by atoms with Crippen LogP contribution in [0.4, 0.5) is 0 Å². The molecule has 0 radical (unpaired) electrons. The summed E-state index contributed by atoms with van der Waals surface area (Å²) in [5.41, 5.74) is 0. The highest BCUT2D eigenvalue weighted by molar-refractivity contribution is 7.89. The smallest absolute Gasteiger partial charge is 0.240 e. The first-order chi connectivity index (χ1) is 9.51. The molecule has 0 spiro atoms. The van der Waals surface area contributed by atoms with Gasteiger partial charge in [-0.15, -0.1) is 0 Å². The fourth-order valence-electron chi connectivity index (χ4n) is 1.99. The lowest BCUT2D eigenvalue weighted by molar-refractivity contribution is -0.0470. The molecular weight excluding hydrogens is 280 g/mol. The molecule has 2 unspecified atom stereocenters. The van der Waals surface area contributed by atoms with E-state index in [1.165, 1.54) is 19.2 Å². The molecule has 1 aromatic carbocycles. The van der Waals surface area contributed by atoms with Gasteiger partial charge in [0.05, 0.1) is 11.0 Å². The third-order valence-corrected chi connectivity index (χ3v) is 4.50. The van der Waals surface area contributed by atoms with Crippen LogP contribution in [0.3, 0.4) is 0 Å². The standard InChI is InChI=1S/C13H20N2O4S/c1-10-7-15-8-12(19-10)9-18-11-3-5-13(6-4-11)20(16,17)14-2/h3-6,10,12,14-15H,7-9H2,1-2H3. The Bertz CT molecular complexity index is 530. The molecule has 2 atom stereocenters. The van der Waals surface area contributed by atoms with Crippen LogP contribution in [0.25, 0.3) is 0 Å². The fraction of sp³-hybridized carbons (Fsp3) is 0.538. The van der Waals surface area contributed by atoms with Gasteiger partial charge in [-0.3, -0.25) is 0 Å². The largest absolute Gasteiger partial charge is 0.491 e. The SMILES string of the molecule is CNS(=O)(=O)c1ccc(OCC2CNCC(C)O2)cc1. The Morgan fingerprint density at radius 3 is 2.65 bits per heavy atom. The molecule has 1 saturated heterocycles. The topological polar surface area (TPSA) is 76.7 Å². The van der Waals surface area contributed by atoms with Gasteiger partial charge >= 0.3 is 0 Å². The van der Waals surface area contributed by atoms with E-state index in [1.54, 1.807) is 12.1 Å². The van der Waals surface area contributed by atoms with Crippen LogP contribution in [-0.4, -0.2) is 47.4 Å². The van der Waals surface area contributed by atoms with E-state index in [9.17, 15) is 8.42 Å². The number of hydrogen-bond donors (Lipinski definition) is 2. The third-order valence-electron chi connectivity index (χ3n) is 3.07. The lowest BCUT2D eigenvalue weighted by atomic mass is 10.2. The lowest BCUT2D eigenvalue weighted by Crippen LogP contribution is -2.45. The van der Waals surface area contributed by atoms with E-state index in [4.69, 9.17) is 9.47 Å². The van der Waals surface area contributed by atoms with Gasteiger partial charge in [0, 0.05) is 13.1 Å². The number of ether oxygens (including phenoxy) is 2. The van der Waals surface area contributed by atoms with Crippen molar-refractivity contribution < 1.29 is 17.9 Å². The number of benzene rings is 1. The van der Waals surface area contributed by atoms with E-state index in [-0.39, 0.29) is 17.1 Å². The Hall–Kier alpha value is -1.15. The summed E-state index contributed by atoms with van der Waals surface area (Å²) >= 11 is 0.